The molecule has 6 heteroatoms. The zero-order chi connectivity index (χ0) is 18.1. The fraction of sp³-hybridized carbons (Fsp3) is 0.211. The minimum Gasteiger partial charge on any atom is -0.481 e. The maximum Gasteiger partial charge on any atom is 0.344 e. The van der Waals surface area contributed by atoms with E-state index in [0.29, 0.717) is 17.9 Å². The second-order valence-electron chi connectivity index (χ2n) is 5.23. The summed E-state index contributed by atoms with van der Waals surface area (Å²) in [4.78, 5) is 23.7. The first-order valence-corrected chi connectivity index (χ1v) is 7.73. The highest BCUT2D eigenvalue weighted by Crippen LogP contribution is 2.16. The van der Waals surface area contributed by atoms with Crippen LogP contribution in [-0.4, -0.2) is 24.6 Å². The van der Waals surface area contributed by atoms with E-state index in [2.05, 4.69) is 5.32 Å². The van der Waals surface area contributed by atoms with E-state index in [1.807, 2.05) is 36.4 Å². The minimum atomic E-state index is -0.939. The summed E-state index contributed by atoms with van der Waals surface area (Å²) in [6, 6.07) is 17.9. The van der Waals surface area contributed by atoms with Gasteiger partial charge in [0, 0.05) is 6.54 Å². The van der Waals surface area contributed by atoms with Gasteiger partial charge in [-0.15, -0.1) is 0 Å². The Kier molecular flexibility index (Phi) is 6.55. The van der Waals surface area contributed by atoms with Crippen LogP contribution in [0.1, 0.15) is 18.1 Å². The number of nitrogens with one attached hydrogen (secondary N) is 1. The van der Waals surface area contributed by atoms with Gasteiger partial charge in [0.15, 0.2) is 12.7 Å². The summed E-state index contributed by atoms with van der Waals surface area (Å²) >= 11 is 0. The van der Waals surface area contributed by atoms with Crippen LogP contribution in [0, 0.1) is 11.3 Å². The first kappa shape index (κ1) is 18.0. The van der Waals surface area contributed by atoms with Crippen LogP contribution in [0.3, 0.4) is 0 Å². The lowest BCUT2D eigenvalue weighted by atomic mass is 10.2. The van der Waals surface area contributed by atoms with Crippen LogP contribution >= 0.6 is 0 Å². The molecule has 0 aliphatic heterocycles. The van der Waals surface area contributed by atoms with E-state index in [0.717, 1.165) is 5.56 Å². The third-order valence-corrected chi connectivity index (χ3v) is 3.34. The normalized spacial score (nSPS) is 11.0. The van der Waals surface area contributed by atoms with Crippen LogP contribution in [0.2, 0.25) is 0 Å². The molecule has 0 aliphatic carbocycles. The number of benzene rings is 2. The maximum atomic E-state index is 12.0. The molecule has 2 aromatic carbocycles. The lowest BCUT2D eigenvalue weighted by Gasteiger charge is -2.14. The fourth-order valence-electron chi connectivity index (χ4n) is 2.04. The molecule has 0 aromatic heterocycles. The third kappa shape index (κ3) is 5.66. The smallest absolute Gasteiger partial charge is 0.344 e. The van der Waals surface area contributed by atoms with Gasteiger partial charge in [0.05, 0.1) is 5.56 Å². The molecule has 6 nitrogen and oxygen atoms in total. The average Bonchev–Trinajstić information content (AvgIpc) is 2.65. The monoisotopic (exact) mass is 338 g/mol. The number of hydrogen-bond donors (Lipinski definition) is 1. The number of carbonyl (C=O) groups excluding carboxylic acids is 2. The van der Waals surface area contributed by atoms with Crippen molar-refractivity contribution >= 4 is 11.9 Å². The third-order valence-electron chi connectivity index (χ3n) is 3.34. The summed E-state index contributed by atoms with van der Waals surface area (Å²) in [7, 11) is 0. The van der Waals surface area contributed by atoms with Crippen molar-refractivity contribution in [1.29, 1.82) is 5.26 Å². The second kappa shape index (κ2) is 9.08. The summed E-state index contributed by atoms with van der Waals surface area (Å²) in [5, 5.41) is 11.7. The molecular formula is C19H18N2O4. The molecule has 0 aliphatic rings. The molecule has 0 saturated heterocycles. The van der Waals surface area contributed by atoms with Gasteiger partial charge >= 0.3 is 5.97 Å². The van der Waals surface area contributed by atoms with Crippen molar-refractivity contribution < 1.29 is 19.1 Å². The predicted molar refractivity (Wildman–Crippen MR) is 90.5 cm³/mol. The van der Waals surface area contributed by atoms with E-state index in [1.54, 1.807) is 24.3 Å². The Morgan fingerprint density at radius 2 is 1.80 bits per heavy atom. The number of amides is 1. The summed E-state index contributed by atoms with van der Waals surface area (Å²) in [5.41, 5.74) is 1.27. The molecule has 2 aromatic rings. The van der Waals surface area contributed by atoms with Crippen molar-refractivity contribution in [3.63, 3.8) is 0 Å². The Balaban J connectivity index is 1.77. The number of esters is 1. The molecule has 25 heavy (non-hydrogen) atoms. The van der Waals surface area contributed by atoms with Crippen LogP contribution in [0.4, 0.5) is 0 Å². The molecule has 0 bridgehead atoms. The van der Waals surface area contributed by atoms with Crippen LogP contribution in [0.15, 0.2) is 54.6 Å². The van der Waals surface area contributed by atoms with Crippen molar-refractivity contribution in [2.45, 2.75) is 19.6 Å². The van der Waals surface area contributed by atoms with E-state index >= 15 is 0 Å². The maximum absolute atomic E-state index is 12.0. The quantitative estimate of drug-likeness (QED) is 0.782. The molecule has 0 unspecified atom stereocenters. The van der Waals surface area contributed by atoms with Crippen molar-refractivity contribution in [1.82, 2.24) is 5.32 Å². The molecule has 1 atom stereocenters. The Morgan fingerprint density at radius 1 is 1.12 bits per heavy atom. The van der Waals surface area contributed by atoms with E-state index in [-0.39, 0.29) is 6.61 Å². The SMILES string of the molecule is C[C@@H](OC(=O)COc1ccccc1C#N)C(=O)NCc1ccccc1. The number of nitrogens with zero attached hydrogens (tertiary/aromatic N) is 1. The molecule has 128 valence electrons. The second-order valence-corrected chi connectivity index (χ2v) is 5.23. The van der Waals surface area contributed by atoms with Gasteiger partial charge in [-0.25, -0.2) is 4.79 Å². The van der Waals surface area contributed by atoms with Crippen LogP contribution in [0.25, 0.3) is 0 Å². The Labute approximate surface area is 146 Å². The van der Waals surface area contributed by atoms with Crippen molar-refractivity contribution in [2.75, 3.05) is 6.61 Å². The zero-order valence-corrected chi connectivity index (χ0v) is 13.8. The molecule has 1 N–H and O–H groups in total. The van der Waals surface area contributed by atoms with E-state index in [4.69, 9.17) is 14.7 Å². The molecule has 2 rings (SSSR count). The topological polar surface area (TPSA) is 88.4 Å². The molecule has 0 saturated carbocycles. The number of rotatable bonds is 7. The van der Waals surface area contributed by atoms with Crippen molar-refractivity contribution in [3.05, 3.63) is 65.7 Å². The average molecular weight is 338 g/mol. The highest BCUT2D eigenvalue weighted by molar-refractivity contribution is 5.83. The van der Waals surface area contributed by atoms with Gasteiger partial charge in [0.2, 0.25) is 0 Å². The van der Waals surface area contributed by atoms with E-state index in [9.17, 15) is 9.59 Å². The number of hydrogen-bond acceptors (Lipinski definition) is 5. The van der Waals surface area contributed by atoms with Crippen LogP contribution in [0.5, 0.6) is 5.75 Å². The first-order valence-electron chi connectivity index (χ1n) is 7.73. The van der Waals surface area contributed by atoms with E-state index in [1.165, 1.54) is 6.92 Å². The molecule has 0 spiro atoms. The lowest BCUT2D eigenvalue weighted by Crippen LogP contribution is -2.36. The Hall–Kier alpha value is -3.33. The number of para-hydroxylation sites is 1. The van der Waals surface area contributed by atoms with E-state index < -0.39 is 18.0 Å². The molecule has 0 fully saturated rings. The fourth-order valence-corrected chi connectivity index (χ4v) is 2.04. The summed E-state index contributed by atoms with van der Waals surface area (Å²) in [6.45, 7) is 1.46. The Bertz CT molecular complexity index is 768. The number of carbonyl (C=O) groups is 2. The highest BCUT2D eigenvalue weighted by Gasteiger charge is 2.18. The molecule has 1 amide bonds. The highest BCUT2D eigenvalue weighted by atomic mass is 16.6. The van der Waals surface area contributed by atoms with Gasteiger partial charge in [-0.1, -0.05) is 42.5 Å². The van der Waals surface area contributed by atoms with Gasteiger partial charge in [-0.05, 0) is 24.6 Å². The lowest BCUT2D eigenvalue weighted by molar-refractivity contribution is -0.156. The largest absolute Gasteiger partial charge is 0.481 e. The zero-order valence-electron chi connectivity index (χ0n) is 13.8. The Morgan fingerprint density at radius 3 is 2.52 bits per heavy atom. The first-order chi connectivity index (χ1) is 12.1. The number of ether oxygens (including phenoxy) is 2. The summed E-state index contributed by atoms with van der Waals surface area (Å²) in [5.74, 6) is -0.784. The standard InChI is InChI=1S/C19H18N2O4/c1-14(19(23)21-12-15-7-3-2-4-8-15)25-18(22)13-24-17-10-6-5-9-16(17)11-20/h2-10,14H,12-13H2,1H3,(H,21,23)/t14-/m1/s1. The van der Waals surface area contributed by atoms with Crippen molar-refractivity contribution in [3.8, 4) is 11.8 Å². The van der Waals surface area contributed by atoms with Crippen LogP contribution < -0.4 is 10.1 Å². The van der Waals surface area contributed by atoms with Crippen molar-refractivity contribution in [2.24, 2.45) is 0 Å². The van der Waals surface area contributed by atoms with Gasteiger partial charge in [-0.3, -0.25) is 4.79 Å². The summed E-state index contributed by atoms with van der Waals surface area (Å²) < 4.78 is 10.3. The number of nitriles is 1. The van der Waals surface area contributed by atoms with Gasteiger partial charge in [0.1, 0.15) is 11.8 Å². The predicted octanol–water partition coefficient (Wildman–Crippen LogP) is 2.19. The van der Waals surface area contributed by atoms with Gasteiger partial charge in [-0.2, -0.15) is 5.26 Å². The van der Waals surface area contributed by atoms with Gasteiger partial charge in [0.25, 0.3) is 5.91 Å². The minimum absolute atomic E-state index is 0.295. The van der Waals surface area contributed by atoms with Gasteiger partial charge < -0.3 is 14.8 Å². The summed E-state index contributed by atoms with van der Waals surface area (Å²) in [6.07, 6.45) is -0.939. The van der Waals surface area contributed by atoms with Crippen LogP contribution in [-0.2, 0) is 20.9 Å². The molecular weight excluding hydrogens is 320 g/mol. The molecule has 0 heterocycles. The molecule has 0 radical (unpaired) electrons.